The molecule has 1 aliphatic rings. The van der Waals surface area contributed by atoms with E-state index in [0.717, 1.165) is 0 Å². The van der Waals surface area contributed by atoms with Crippen molar-refractivity contribution in [2.24, 2.45) is 0 Å². The Morgan fingerprint density at radius 2 is 2.08 bits per heavy atom. The summed E-state index contributed by atoms with van der Waals surface area (Å²) in [6.45, 7) is 4.05. The molecular formula is C9H17F2NO. The van der Waals surface area contributed by atoms with Crippen LogP contribution in [0.5, 0.6) is 0 Å². The number of piperidine rings is 1. The molecule has 0 aromatic heterocycles. The molecule has 1 saturated heterocycles. The summed E-state index contributed by atoms with van der Waals surface area (Å²) in [4.78, 5) is 1.63. The maximum absolute atomic E-state index is 12.9. The first kappa shape index (κ1) is 10.9. The van der Waals surface area contributed by atoms with Crippen LogP contribution in [0, 0.1) is 0 Å². The first-order valence-electron chi connectivity index (χ1n) is 4.61. The van der Waals surface area contributed by atoms with E-state index in [0.29, 0.717) is 19.5 Å². The van der Waals surface area contributed by atoms with Gasteiger partial charge >= 0.3 is 0 Å². The highest BCUT2D eigenvalue weighted by atomic mass is 19.3. The van der Waals surface area contributed by atoms with Crippen LogP contribution in [0.25, 0.3) is 0 Å². The molecule has 0 bridgehead atoms. The van der Waals surface area contributed by atoms with E-state index >= 15 is 0 Å². The molecule has 1 heterocycles. The van der Waals surface area contributed by atoms with Crippen molar-refractivity contribution in [2.45, 2.75) is 38.2 Å². The van der Waals surface area contributed by atoms with Crippen molar-refractivity contribution < 1.29 is 13.9 Å². The maximum atomic E-state index is 12.9. The normalized spacial score (nSPS) is 24.7. The van der Waals surface area contributed by atoms with Crippen LogP contribution in [0.4, 0.5) is 8.78 Å². The minimum Gasteiger partial charge on any atom is -0.389 e. The van der Waals surface area contributed by atoms with Crippen LogP contribution in [0.1, 0.15) is 26.7 Å². The van der Waals surface area contributed by atoms with Gasteiger partial charge in [-0.1, -0.05) is 0 Å². The molecule has 1 N–H and O–H groups in total. The van der Waals surface area contributed by atoms with Gasteiger partial charge in [0.2, 0.25) is 0 Å². The fraction of sp³-hybridized carbons (Fsp3) is 1.00. The molecule has 0 aliphatic carbocycles. The van der Waals surface area contributed by atoms with E-state index in [9.17, 15) is 13.9 Å². The molecule has 0 aromatic carbocycles. The van der Waals surface area contributed by atoms with Crippen LogP contribution in [0.2, 0.25) is 0 Å². The average molecular weight is 193 g/mol. The van der Waals surface area contributed by atoms with Gasteiger partial charge in [-0.05, 0) is 26.8 Å². The van der Waals surface area contributed by atoms with Crippen LogP contribution in [-0.4, -0.2) is 41.2 Å². The van der Waals surface area contributed by atoms with Crippen molar-refractivity contribution in [1.82, 2.24) is 4.90 Å². The van der Waals surface area contributed by atoms with E-state index in [-0.39, 0.29) is 13.0 Å². The van der Waals surface area contributed by atoms with Crippen LogP contribution in [0.3, 0.4) is 0 Å². The van der Waals surface area contributed by atoms with Crippen molar-refractivity contribution >= 4 is 0 Å². The Hall–Kier alpha value is -0.220. The van der Waals surface area contributed by atoms with E-state index in [1.807, 2.05) is 0 Å². The first-order valence-corrected chi connectivity index (χ1v) is 4.61. The second-order valence-corrected chi connectivity index (χ2v) is 4.48. The molecule has 0 radical (unpaired) electrons. The van der Waals surface area contributed by atoms with Crippen molar-refractivity contribution in [3.63, 3.8) is 0 Å². The zero-order valence-electron chi connectivity index (χ0n) is 8.19. The fourth-order valence-corrected chi connectivity index (χ4v) is 1.73. The average Bonchev–Trinajstić information content (AvgIpc) is 1.79. The van der Waals surface area contributed by atoms with Crippen molar-refractivity contribution in [3.8, 4) is 0 Å². The van der Waals surface area contributed by atoms with Crippen LogP contribution in [0.15, 0.2) is 0 Å². The summed E-state index contributed by atoms with van der Waals surface area (Å²) < 4.78 is 25.8. The third-order valence-electron chi connectivity index (χ3n) is 2.08. The van der Waals surface area contributed by atoms with E-state index in [1.165, 1.54) is 0 Å². The minimum absolute atomic E-state index is 0.0185. The molecule has 1 aliphatic heterocycles. The molecule has 0 unspecified atom stereocenters. The SMILES string of the molecule is CC(C)(O)CN1CCCC(F)(F)C1. The number of alkyl halides is 2. The number of hydrogen-bond acceptors (Lipinski definition) is 2. The van der Waals surface area contributed by atoms with Gasteiger partial charge in [0.05, 0.1) is 12.1 Å². The van der Waals surface area contributed by atoms with Gasteiger partial charge < -0.3 is 5.11 Å². The molecule has 1 rings (SSSR count). The highest BCUT2D eigenvalue weighted by Crippen LogP contribution is 2.27. The summed E-state index contributed by atoms with van der Waals surface area (Å²) in [6.07, 6.45) is 0.498. The Labute approximate surface area is 77.5 Å². The monoisotopic (exact) mass is 193 g/mol. The summed E-state index contributed by atoms with van der Waals surface area (Å²) in [5.74, 6) is -2.57. The Balaban J connectivity index is 2.44. The first-order chi connectivity index (χ1) is 5.79. The largest absolute Gasteiger partial charge is 0.389 e. The van der Waals surface area contributed by atoms with E-state index < -0.39 is 11.5 Å². The van der Waals surface area contributed by atoms with Gasteiger partial charge in [0, 0.05) is 13.0 Å². The number of hydrogen-bond donors (Lipinski definition) is 1. The molecule has 1 fully saturated rings. The van der Waals surface area contributed by atoms with Crippen LogP contribution in [-0.2, 0) is 0 Å². The van der Waals surface area contributed by atoms with Crippen LogP contribution < -0.4 is 0 Å². The second-order valence-electron chi connectivity index (χ2n) is 4.48. The lowest BCUT2D eigenvalue weighted by molar-refractivity contribution is -0.0804. The van der Waals surface area contributed by atoms with Crippen molar-refractivity contribution in [1.29, 1.82) is 0 Å². The van der Waals surface area contributed by atoms with Crippen molar-refractivity contribution in [2.75, 3.05) is 19.6 Å². The number of halogens is 2. The summed E-state index contributed by atoms with van der Waals surface area (Å²) >= 11 is 0. The zero-order chi connectivity index (χ0) is 10.1. The van der Waals surface area contributed by atoms with Gasteiger partial charge in [-0.15, -0.1) is 0 Å². The van der Waals surface area contributed by atoms with Gasteiger partial charge in [0.15, 0.2) is 0 Å². The summed E-state index contributed by atoms with van der Waals surface area (Å²) in [7, 11) is 0. The smallest absolute Gasteiger partial charge is 0.260 e. The topological polar surface area (TPSA) is 23.5 Å². The third-order valence-corrected chi connectivity index (χ3v) is 2.08. The molecule has 13 heavy (non-hydrogen) atoms. The molecule has 0 atom stereocenters. The third kappa shape index (κ3) is 4.00. The highest BCUT2D eigenvalue weighted by molar-refractivity contribution is 4.82. The predicted octanol–water partition coefficient (Wildman–Crippen LogP) is 1.49. The van der Waals surface area contributed by atoms with E-state index in [1.54, 1.807) is 18.7 Å². The molecular weight excluding hydrogens is 176 g/mol. The molecule has 0 aromatic rings. The van der Waals surface area contributed by atoms with Gasteiger partial charge in [0.25, 0.3) is 5.92 Å². The molecule has 78 valence electrons. The maximum Gasteiger partial charge on any atom is 0.260 e. The number of rotatable bonds is 2. The lowest BCUT2D eigenvalue weighted by atomic mass is 10.0. The lowest BCUT2D eigenvalue weighted by Gasteiger charge is -2.35. The number of likely N-dealkylation sites (tertiary alicyclic amines) is 1. The fourth-order valence-electron chi connectivity index (χ4n) is 1.73. The minimum atomic E-state index is -2.57. The highest BCUT2D eigenvalue weighted by Gasteiger charge is 2.36. The van der Waals surface area contributed by atoms with E-state index in [4.69, 9.17) is 0 Å². The number of aliphatic hydroxyl groups is 1. The van der Waals surface area contributed by atoms with Crippen LogP contribution >= 0.6 is 0 Å². The van der Waals surface area contributed by atoms with Crippen molar-refractivity contribution in [3.05, 3.63) is 0 Å². The standard InChI is InChI=1S/C9H17F2NO/c1-8(2,13)6-12-5-3-4-9(10,11)7-12/h13H,3-7H2,1-2H3. The molecule has 0 saturated carbocycles. The Kier molecular flexibility index (Phi) is 2.92. The van der Waals surface area contributed by atoms with Gasteiger partial charge in [-0.3, -0.25) is 4.90 Å². The number of β-amino-alcohol motifs (C(OH)–C–C–N with tert-alkyl or cyclic N) is 1. The zero-order valence-corrected chi connectivity index (χ0v) is 8.19. The summed E-state index contributed by atoms with van der Waals surface area (Å²) in [5.41, 5.74) is -0.882. The number of nitrogens with zero attached hydrogens (tertiary/aromatic N) is 1. The molecule has 0 spiro atoms. The molecule has 2 nitrogen and oxygen atoms in total. The summed E-state index contributed by atoms with van der Waals surface area (Å²) in [6, 6.07) is 0. The summed E-state index contributed by atoms with van der Waals surface area (Å²) in [5, 5.41) is 9.45. The molecule has 0 amide bonds. The quantitative estimate of drug-likeness (QED) is 0.718. The van der Waals surface area contributed by atoms with Gasteiger partial charge in [0.1, 0.15) is 0 Å². The predicted molar refractivity (Wildman–Crippen MR) is 46.9 cm³/mol. The Morgan fingerprint density at radius 3 is 2.54 bits per heavy atom. The second kappa shape index (κ2) is 3.50. The Bertz CT molecular complexity index is 175. The van der Waals surface area contributed by atoms with E-state index in [2.05, 4.69) is 0 Å². The lowest BCUT2D eigenvalue weighted by Crippen LogP contribution is -2.48. The van der Waals surface area contributed by atoms with Gasteiger partial charge in [-0.25, -0.2) is 8.78 Å². The van der Waals surface area contributed by atoms with Gasteiger partial charge in [-0.2, -0.15) is 0 Å². The Morgan fingerprint density at radius 1 is 1.46 bits per heavy atom. The molecule has 4 heteroatoms.